The third-order valence-corrected chi connectivity index (χ3v) is 5.54. The van der Waals surface area contributed by atoms with E-state index >= 15 is 0 Å². The fourth-order valence-corrected chi connectivity index (χ4v) is 4.03. The molecule has 0 spiro atoms. The third kappa shape index (κ3) is 4.78. The van der Waals surface area contributed by atoms with Crippen LogP contribution in [0.5, 0.6) is 0 Å². The number of hydrogen-bond acceptors (Lipinski definition) is 4. The predicted molar refractivity (Wildman–Crippen MR) is 122 cm³/mol. The molecule has 1 aromatic carbocycles. The molecule has 2 N–H and O–H groups in total. The van der Waals surface area contributed by atoms with Crippen LogP contribution in [-0.2, 0) is 25.9 Å². The zero-order chi connectivity index (χ0) is 21.8. The molecule has 1 unspecified atom stereocenters. The minimum absolute atomic E-state index is 0.281. The summed E-state index contributed by atoms with van der Waals surface area (Å²) in [5.41, 5.74) is 4.35. The molecule has 0 bridgehead atoms. The van der Waals surface area contributed by atoms with Crippen molar-refractivity contribution in [1.82, 2.24) is 35.2 Å². The number of guanidine groups is 1. The number of benzene rings is 1. The van der Waals surface area contributed by atoms with E-state index in [0.29, 0.717) is 6.54 Å². The molecular weight excluding hydrogens is 388 g/mol. The number of aryl methyl sites for hydroxylation is 4. The van der Waals surface area contributed by atoms with Gasteiger partial charge in [-0.25, -0.2) is 19.3 Å². The van der Waals surface area contributed by atoms with Gasteiger partial charge in [0.15, 0.2) is 11.8 Å². The van der Waals surface area contributed by atoms with E-state index in [1.807, 2.05) is 22.4 Å². The molecule has 3 aromatic rings. The van der Waals surface area contributed by atoms with Crippen LogP contribution >= 0.6 is 0 Å². The van der Waals surface area contributed by atoms with Crippen molar-refractivity contribution in [3.8, 4) is 5.69 Å². The quantitative estimate of drug-likeness (QED) is 0.473. The number of para-hydroxylation sites is 1. The third-order valence-electron chi connectivity index (χ3n) is 5.54. The van der Waals surface area contributed by atoms with Crippen LogP contribution in [0, 0.1) is 13.8 Å². The van der Waals surface area contributed by atoms with Crippen molar-refractivity contribution in [3.05, 3.63) is 58.9 Å². The van der Waals surface area contributed by atoms with Crippen LogP contribution in [0.2, 0.25) is 0 Å². The molecule has 0 saturated heterocycles. The van der Waals surface area contributed by atoms with Gasteiger partial charge in [-0.1, -0.05) is 25.1 Å². The maximum atomic E-state index is 4.89. The Morgan fingerprint density at radius 1 is 1.19 bits per heavy atom. The van der Waals surface area contributed by atoms with Crippen molar-refractivity contribution >= 4 is 5.96 Å². The van der Waals surface area contributed by atoms with Gasteiger partial charge in [0.25, 0.3) is 0 Å². The topological polar surface area (TPSA) is 84.9 Å². The highest BCUT2D eigenvalue weighted by Gasteiger charge is 2.22. The molecule has 0 radical (unpaired) electrons. The molecule has 0 fully saturated rings. The molecule has 164 valence electrons. The van der Waals surface area contributed by atoms with Crippen molar-refractivity contribution < 1.29 is 0 Å². The highest BCUT2D eigenvalue weighted by Crippen LogP contribution is 2.18. The Kier molecular flexibility index (Phi) is 6.34. The number of nitrogens with one attached hydrogen (secondary N) is 2. The van der Waals surface area contributed by atoms with Crippen molar-refractivity contribution in [3.63, 3.8) is 0 Å². The number of hydrogen-bond donors (Lipinski definition) is 2. The van der Waals surface area contributed by atoms with Crippen LogP contribution in [0.3, 0.4) is 0 Å². The first-order chi connectivity index (χ1) is 15.1. The minimum atomic E-state index is 0.281. The van der Waals surface area contributed by atoms with E-state index in [1.54, 1.807) is 0 Å². The van der Waals surface area contributed by atoms with Gasteiger partial charge in [0.2, 0.25) is 0 Å². The normalized spacial score (nSPS) is 16.3. The number of fused-ring (bicyclic) bond motifs is 1. The predicted octanol–water partition coefficient (Wildman–Crippen LogP) is 2.71. The maximum absolute atomic E-state index is 4.89. The van der Waals surface area contributed by atoms with Gasteiger partial charge < -0.3 is 10.6 Å². The monoisotopic (exact) mass is 420 g/mol. The SMILES string of the molecule is CCNC(=NCc1ccccc1-n1nc(C)cc1C)NC1CCc2nc(CC)nn2C1. The lowest BCUT2D eigenvalue weighted by atomic mass is 10.1. The van der Waals surface area contributed by atoms with Crippen molar-refractivity contribution in [1.29, 1.82) is 0 Å². The van der Waals surface area contributed by atoms with Crippen LogP contribution in [0.1, 0.15) is 48.9 Å². The Morgan fingerprint density at radius 3 is 2.77 bits per heavy atom. The fourth-order valence-electron chi connectivity index (χ4n) is 4.03. The van der Waals surface area contributed by atoms with Crippen molar-refractivity contribution in [2.45, 2.75) is 66.1 Å². The summed E-state index contributed by atoms with van der Waals surface area (Å²) in [5, 5.41) is 16.3. The maximum Gasteiger partial charge on any atom is 0.191 e. The Morgan fingerprint density at radius 2 is 2.03 bits per heavy atom. The van der Waals surface area contributed by atoms with Crippen LogP contribution in [0.25, 0.3) is 5.69 Å². The lowest BCUT2D eigenvalue weighted by Crippen LogP contribution is -2.47. The van der Waals surface area contributed by atoms with E-state index in [0.717, 1.165) is 72.6 Å². The second-order valence-electron chi connectivity index (χ2n) is 8.02. The van der Waals surface area contributed by atoms with Crippen LogP contribution in [0.4, 0.5) is 0 Å². The largest absolute Gasteiger partial charge is 0.357 e. The van der Waals surface area contributed by atoms with E-state index in [-0.39, 0.29) is 6.04 Å². The summed E-state index contributed by atoms with van der Waals surface area (Å²) >= 11 is 0. The number of aliphatic imine (C=N–C) groups is 1. The van der Waals surface area contributed by atoms with E-state index in [9.17, 15) is 0 Å². The molecule has 31 heavy (non-hydrogen) atoms. The van der Waals surface area contributed by atoms with Gasteiger partial charge in [-0.05, 0) is 44.9 Å². The highest BCUT2D eigenvalue weighted by molar-refractivity contribution is 5.80. The minimum Gasteiger partial charge on any atom is -0.357 e. The zero-order valence-electron chi connectivity index (χ0n) is 18.9. The lowest BCUT2D eigenvalue weighted by molar-refractivity contribution is 0.392. The molecule has 3 heterocycles. The second kappa shape index (κ2) is 9.32. The standard InChI is InChI=1S/C23H32N8/c1-5-21-27-22-12-11-19(15-30(22)29-21)26-23(24-6-2)25-14-18-9-7-8-10-20(18)31-17(4)13-16(3)28-31/h7-10,13,19H,5-6,11-12,14-15H2,1-4H3,(H2,24,25,26). The molecule has 2 aromatic heterocycles. The summed E-state index contributed by atoms with van der Waals surface area (Å²) in [7, 11) is 0. The Balaban J connectivity index is 1.50. The van der Waals surface area contributed by atoms with Crippen molar-refractivity contribution in [2.75, 3.05) is 6.54 Å². The lowest BCUT2D eigenvalue weighted by Gasteiger charge is -2.25. The number of aromatic nitrogens is 5. The van der Waals surface area contributed by atoms with Crippen LogP contribution in [0.15, 0.2) is 35.3 Å². The van der Waals surface area contributed by atoms with Gasteiger partial charge in [-0.3, -0.25) is 0 Å². The first-order valence-electron chi connectivity index (χ1n) is 11.2. The summed E-state index contributed by atoms with van der Waals surface area (Å²) < 4.78 is 4.04. The second-order valence-corrected chi connectivity index (χ2v) is 8.02. The van der Waals surface area contributed by atoms with Gasteiger partial charge in [-0.2, -0.15) is 10.2 Å². The number of rotatable bonds is 6. The summed E-state index contributed by atoms with van der Waals surface area (Å²) in [6.45, 7) is 10.5. The molecule has 4 rings (SSSR count). The van der Waals surface area contributed by atoms with Crippen molar-refractivity contribution in [2.24, 2.45) is 4.99 Å². The summed E-state index contributed by atoms with van der Waals surface area (Å²) in [6, 6.07) is 10.7. The average molecular weight is 421 g/mol. The van der Waals surface area contributed by atoms with Gasteiger partial charge in [-0.15, -0.1) is 0 Å². The van der Waals surface area contributed by atoms with E-state index in [1.165, 1.54) is 0 Å². The molecule has 1 aliphatic rings. The van der Waals surface area contributed by atoms with Gasteiger partial charge in [0.1, 0.15) is 5.82 Å². The average Bonchev–Trinajstić information content (AvgIpc) is 3.33. The smallest absolute Gasteiger partial charge is 0.191 e. The van der Waals surface area contributed by atoms with Gasteiger partial charge >= 0.3 is 0 Å². The summed E-state index contributed by atoms with van der Waals surface area (Å²) in [6.07, 6.45) is 2.83. The molecule has 8 heteroatoms. The summed E-state index contributed by atoms with van der Waals surface area (Å²) in [5.74, 6) is 2.85. The van der Waals surface area contributed by atoms with E-state index < -0.39 is 0 Å². The molecule has 8 nitrogen and oxygen atoms in total. The Labute approximate surface area is 183 Å². The van der Waals surface area contributed by atoms with Crippen LogP contribution < -0.4 is 10.6 Å². The fraction of sp³-hybridized carbons (Fsp3) is 0.478. The summed E-state index contributed by atoms with van der Waals surface area (Å²) in [4.78, 5) is 9.50. The zero-order valence-corrected chi connectivity index (χ0v) is 18.9. The highest BCUT2D eigenvalue weighted by atomic mass is 15.4. The first kappa shape index (κ1) is 21.1. The van der Waals surface area contributed by atoms with Crippen LogP contribution in [-0.4, -0.2) is 43.1 Å². The molecule has 0 saturated carbocycles. The van der Waals surface area contributed by atoms with Gasteiger partial charge in [0, 0.05) is 31.1 Å². The molecule has 0 amide bonds. The first-order valence-corrected chi connectivity index (χ1v) is 11.2. The van der Waals surface area contributed by atoms with E-state index in [2.05, 4.69) is 70.9 Å². The molecule has 0 aliphatic carbocycles. The number of nitrogens with zero attached hydrogens (tertiary/aromatic N) is 6. The Hall–Kier alpha value is -3.16. The van der Waals surface area contributed by atoms with E-state index in [4.69, 9.17) is 4.99 Å². The molecule has 1 aliphatic heterocycles. The molecule has 1 atom stereocenters. The van der Waals surface area contributed by atoms with Gasteiger partial charge in [0.05, 0.1) is 24.5 Å². The molecular formula is C23H32N8. The Bertz CT molecular complexity index is 1060.